The molecule has 11 nitrogen and oxygen atoms in total. The Kier molecular flexibility index (Phi) is 12.8. The third-order valence-corrected chi connectivity index (χ3v) is 4.59. The van der Waals surface area contributed by atoms with Crippen LogP contribution in [0.3, 0.4) is 0 Å². The van der Waals surface area contributed by atoms with Crippen LogP contribution in [-0.2, 0) is 13.1 Å². The molecule has 0 amide bonds. The highest BCUT2D eigenvalue weighted by atomic mass is 16.5. The predicted octanol–water partition coefficient (Wildman–Crippen LogP) is 2.80. The van der Waals surface area contributed by atoms with E-state index >= 15 is 0 Å². The van der Waals surface area contributed by atoms with Gasteiger partial charge in [-0.3, -0.25) is 0 Å². The van der Waals surface area contributed by atoms with Crippen molar-refractivity contribution in [3.8, 4) is 23.0 Å². The number of aromatic nitrogens is 1. The van der Waals surface area contributed by atoms with Gasteiger partial charge in [-0.1, -0.05) is 12.1 Å². The van der Waals surface area contributed by atoms with E-state index in [1.807, 2.05) is 36.4 Å². The van der Waals surface area contributed by atoms with Crippen LogP contribution in [0.5, 0.6) is 23.0 Å². The standard InChI is InChI=1S/2C9H13NO2.C7H5NO4/c2*1-11-8-4-3-7(6-10)5-9(8)12-2;9-6(10)4-1-2-8-5(3-4)7(11)12/h2*3-5H,6,10H2,1-2H3;1-3H,(H,9,10)(H,11,12). The van der Waals surface area contributed by atoms with Crippen molar-refractivity contribution in [3.05, 3.63) is 77.1 Å². The zero-order chi connectivity index (χ0) is 27.1. The first kappa shape index (κ1) is 29.7. The fourth-order valence-electron chi connectivity index (χ4n) is 2.70. The monoisotopic (exact) mass is 501 g/mol. The molecule has 0 aliphatic rings. The van der Waals surface area contributed by atoms with Crippen LogP contribution in [0.1, 0.15) is 32.0 Å². The summed E-state index contributed by atoms with van der Waals surface area (Å²) in [6, 6.07) is 13.5. The molecule has 0 aliphatic heterocycles. The van der Waals surface area contributed by atoms with Crippen molar-refractivity contribution in [3.63, 3.8) is 0 Å². The molecule has 3 rings (SSSR count). The van der Waals surface area contributed by atoms with Crippen molar-refractivity contribution in [1.82, 2.24) is 4.98 Å². The summed E-state index contributed by atoms with van der Waals surface area (Å²) >= 11 is 0. The lowest BCUT2D eigenvalue weighted by Crippen LogP contribution is -2.03. The smallest absolute Gasteiger partial charge is 0.354 e. The van der Waals surface area contributed by atoms with E-state index in [-0.39, 0.29) is 11.3 Å². The summed E-state index contributed by atoms with van der Waals surface area (Å²) in [6.45, 7) is 1.03. The van der Waals surface area contributed by atoms with Crippen molar-refractivity contribution in [1.29, 1.82) is 0 Å². The summed E-state index contributed by atoms with van der Waals surface area (Å²) in [5.74, 6) is 0.503. The molecule has 0 atom stereocenters. The fraction of sp³-hybridized carbons (Fsp3) is 0.240. The first-order valence-corrected chi connectivity index (χ1v) is 10.5. The first-order chi connectivity index (χ1) is 17.2. The van der Waals surface area contributed by atoms with E-state index in [2.05, 4.69) is 4.98 Å². The van der Waals surface area contributed by atoms with Crippen LogP contribution in [0.2, 0.25) is 0 Å². The zero-order valence-electron chi connectivity index (χ0n) is 20.6. The van der Waals surface area contributed by atoms with Crippen molar-refractivity contribution < 1.29 is 38.7 Å². The van der Waals surface area contributed by atoms with E-state index in [4.69, 9.17) is 40.6 Å². The number of aromatic carboxylic acids is 2. The molecule has 0 spiro atoms. The second-order valence-corrected chi connectivity index (χ2v) is 6.83. The van der Waals surface area contributed by atoms with Crippen molar-refractivity contribution >= 4 is 11.9 Å². The number of hydrogen-bond acceptors (Lipinski definition) is 9. The van der Waals surface area contributed by atoms with E-state index in [0.717, 1.165) is 46.4 Å². The SMILES string of the molecule is COc1ccc(CN)cc1OC.COc1ccc(CN)cc1OC.O=C(O)c1ccnc(C(=O)O)c1. The lowest BCUT2D eigenvalue weighted by atomic mass is 10.2. The zero-order valence-corrected chi connectivity index (χ0v) is 20.6. The summed E-state index contributed by atoms with van der Waals surface area (Å²) in [4.78, 5) is 24.1. The molecule has 3 aromatic rings. The fourth-order valence-corrected chi connectivity index (χ4v) is 2.70. The van der Waals surface area contributed by atoms with Crippen LogP contribution < -0.4 is 30.4 Å². The molecule has 6 N–H and O–H groups in total. The average molecular weight is 502 g/mol. The van der Waals surface area contributed by atoms with E-state index in [1.165, 1.54) is 6.07 Å². The van der Waals surface area contributed by atoms with Gasteiger partial charge in [0.25, 0.3) is 0 Å². The summed E-state index contributed by atoms with van der Waals surface area (Å²) in [5.41, 5.74) is 12.7. The van der Waals surface area contributed by atoms with Crippen molar-refractivity contribution in [2.45, 2.75) is 13.1 Å². The Morgan fingerprint density at radius 3 is 1.47 bits per heavy atom. The maximum atomic E-state index is 10.4. The predicted molar refractivity (Wildman–Crippen MR) is 133 cm³/mol. The van der Waals surface area contributed by atoms with Crippen LogP contribution >= 0.6 is 0 Å². The highest BCUT2D eigenvalue weighted by Gasteiger charge is 2.08. The molecular weight excluding hydrogens is 470 g/mol. The van der Waals surface area contributed by atoms with Crippen LogP contribution in [0, 0.1) is 0 Å². The third-order valence-electron chi connectivity index (χ3n) is 4.59. The van der Waals surface area contributed by atoms with Crippen molar-refractivity contribution in [2.75, 3.05) is 28.4 Å². The number of carboxylic acid groups (broad SMARTS) is 2. The number of benzene rings is 2. The molecular formula is C25H31N3O8. The Morgan fingerprint density at radius 1 is 0.694 bits per heavy atom. The van der Waals surface area contributed by atoms with Crippen LogP contribution in [0.4, 0.5) is 0 Å². The normalized spacial score (nSPS) is 9.50. The van der Waals surface area contributed by atoms with Crippen LogP contribution in [0.15, 0.2) is 54.7 Å². The number of nitrogens with zero attached hydrogens (tertiary/aromatic N) is 1. The number of hydrogen-bond donors (Lipinski definition) is 4. The molecule has 36 heavy (non-hydrogen) atoms. The lowest BCUT2D eigenvalue weighted by molar-refractivity contribution is 0.0690. The molecule has 1 aromatic heterocycles. The quantitative estimate of drug-likeness (QED) is 0.357. The molecule has 0 aliphatic carbocycles. The molecule has 0 radical (unpaired) electrons. The van der Waals surface area contributed by atoms with Gasteiger partial charge in [0.05, 0.1) is 34.0 Å². The molecule has 1 heterocycles. The number of carbonyl (C=O) groups is 2. The third kappa shape index (κ3) is 9.12. The molecule has 0 saturated heterocycles. The van der Waals surface area contributed by atoms with E-state index < -0.39 is 11.9 Å². The summed E-state index contributed by atoms with van der Waals surface area (Å²) < 4.78 is 20.3. The molecule has 0 fully saturated rings. The van der Waals surface area contributed by atoms with Gasteiger partial charge in [-0.2, -0.15) is 0 Å². The van der Waals surface area contributed by atoms with Gasteiger partial charge in [0, 0.05) is 19.3 Å². The van der Waals surface area contributed by atoms with Crippen molar-refractivity contribution in [2.24, 2.45) is 11.5 Å². The van der Waals surface area contributed by atoms with Gasteiger partial charge in [-0.05, 0) is 47.5 Å². The van der Waals surface area contributed by atoms with E-state index in [9.17, 15) is 9.59 Å². The molecule has 2 aromatic carbocycles. The minimum absolute atomic E-state index is 0.0811. The molecule has 11 heteroatoms. The average Bonchev–Trinajstić information content (AvgIpc) is 2.92. The molecule has 0 bridgehead atoms. The first-order valence-electron chi connectivity index (χ1n) is 10.5. The van der Waals surface area contributed by atoms with E-state index in [1.54, 1.807) is 28.4 Å². The Morgan fingerprint density at radius 2 is 1.14 bits per heavy atom. The second kappa shape index (κ2) is 15.5. The molecule has 194 valence electrons. The van der Waals surface area contributed by atoms with E-state index in [0.29, 0.717) is 13.1 Å². The lowest BCUT2D eigenvalue weighted by Gasteiger charge is -2.07. The van der Waals surface area contributed by atoms with Crippen LogP contribution in [0.25, 0.3) is 0 Å². The molecule has 0 saturated carbocycles. The second-order valence-electron chi connectivity index (χ2n) is 6.83. The Balaban J connectivity index is 0.000000270. The maximum Gasteiger partial charge on any atom is 0.354 e. The Hall–Kier alpha value is -4.35. The highest BCUT2D eigenvalue weighted by molar-refractivity contribution is 5.92. The number of methoxy groups -OCH3 is 4. The Bertz CT molecular complexity index is 1050. The van der Waals surface area contributed by atoms with Crippen LogP contribution in [-0.4, -0.2) is 55.6 Å². The highest BCUT2D eigenvalue weighted by Crippen LogP contribution is 2.27. The van der Waals surface area contributed by atoms with Gasteiger partial charge >= 0.3 is 11.9 Å². The van der Waals surface area contributed by atoms with Gasteiger partial charge in [-0.25, -0.2) is 14.6 Å². The number of ether oxygens (including phenoxy) is 4. The Labute approximate surface area is 209 Å². The van der Waals surface area contributed by atoms with Gasteiger partial charge in [0.1, 0.15) is 5.69 Å². The minimum Gasteiger partial charge on any atom is -0.493 e. The number of carboxylic acids is 2. The summed E-state index contributed by atoms with van der Waals surface area (Å²) in [7, 11) is 6.44. The van der Waals surface area contributed by atoms with Gasteiger partial charge in [-0.15, -0.1) is 0 Å². The maximum absolute atomic E-state index is 10.4. The molecule has 0 unspecified atom stereocenters. The number of pyridine rings is 1. The van der Waals surface area contributed by atoms with Gasteiger partial charge < -0.3 is 40.6 Å². The largest absolute Gasteiger partial charge is 0.493 e. The summed E-state index contributed by atoms with van der Waals surface area (Å²) in [5, 5.41) is 16.9. The number of rotatable bonds is 8. The van der Waals surface area contributed by atoms with Gasteiger partial charge in [0.15, 0.2) is 23.0 Å². The topological polar surface area (TPSA) is 176 Å². The summed E-state index contributed by atoms with van der Waals surface area (Å²) in [6.07, 6.45) is 1.15. The number of nitrogens with two attached hydrogens (primary N) is 2. The minimum atomic E-state index is -1.24. The van der Waals surface area contributed by atoms with Gasteiger partial charge in [0.2, 0.25) is 0 Å².